The van der Waals surface area contributed by atoms with Crippen LogP contribution in [0, 0.1) is 0 Å². The number of amides is 1. The third-order valence-corrected chi connectivity index (χ3v) is 3.84. The lowest BCUT2D eigenvalue weighted by atomic mass is 10.0. The van der Waals surface area contributed by atoms with Gasteiger partial charge in [-0.3, -0.25) is 5.32 Å². The number of ether oxygens (including phenoxy) is 2. The number of para-hydroxylation sites is 2. The van der Waals surface area contributed by atoms with E-state index in [-0.39, 0.29) is 0 Å². The summed E-state index contributed by atoms with van der Waals surface area (Å²) in [4.78, 5) is 12.3. The number of carbonyl (C=O) groups excluding carboxylic acids is 1. The Bertz CT molecular complexity index is 924. The highest BCUT2D eigenvalue weighted by molar-refractivity contribution is 5.99. The first-order chi connectivity index (χ1) is 12.6. The quantitative estimate of drug-likeness (QED) is 0.615. The maximum atomic E-state index is 12.3. The summed E-state index contributed by atoms with van der Waals surface area (Å²) in [7, 11) is 1.57. The molecule has 132 valence electrons. The Kier molecular flexibility index (Phi) is 4.94. The fourth-order valence-corrected chi connectivity index (χ4v) is 2.55. The molecule has 0 aliphatic heterocycles. The molecular formula is C20H19N3O3. The monoisotopic (exact) mass is 349 g/mol. The van der Waals surface area contributed by atoms with E-state index in [1.165, 1.54) is 0 Å². The van der Waals surface area contributed by atoms with E-state index in [4.69, 9.17) is 20.9 Å². The van der Waals surface area contributed by atoms with Gasteiger partial charge in [-0.1, -0.05) is 30.3 Å². The molecule has 0 radical (unpaired) electrons. The Morgan fingerprint density at radius 2 is 1.42 bits per heavy atom. The van der Waals surface area contributed by atoms with Gasteiger partial charge in [0.1, 0.15) is 11.5 Å². The van der Waals surface area contributed by atoms with E-state index in [1.54, 1.807) is 49.6 Å². The Morgan fingerprint density at radius 3 is 2.12 bits per heavy atom. The van der Waals surface area contributed by atoms with Crippen molar-refractivity contribution in [2.75, 3.05) is 23.9 Å². The normalized spacial score (nSPS) is 10.2. The van der Waals surface area contributed by atoms with E-state index in [2.05, 4.69) is 5.32 Å². The molecule has 0 spiro atoms. The van der Waals surface area contributed by atoms with E-state index >= 15 is 0 Å². The molecule has 0 saturated heterocycles. The van der Waals surface area contributed by atoms with Crippen LogP contribution >= 0.6 is 0 Å². The molecule has 6 heteroatoms. The lowest BCUT2D eigenvalue weighted by Gasteiger charge is -2.15. The summed E-state index contributed by atoms with van der Waals surface area (Å²) in [6.45, 7) is 0. The SMILES string of the molecule is COc1ccc(OC(=O)Nc2c(N)cccc2-c2ccccc2N)cc1. The third kappa shape index (κ3) is 3.70. The lowest BCUT2D eigenvalue weighted by molar-refractivity contribution is 0.215. The molecule has 0 atom stereocenters. The van der Waals surface area contributed by atoms with Gasteiger partial charge in [-0.2, -0.15) is 0 Å². The summed E-state index contributed by atoms with van der Waals surface area (Å²) in [5.41, 5.74) is 15.1. The molecule has 0 unspecified atom stereocenters. The molecule has 0 aliphatic rings. The number of nitrogen functional groups attached to an aromatic ring is 2. The molecule has 0 aromatic heterocycles. The molecule has 3 aromatic rings. The van der Waals surface area contributed by atoms with Crippen molar-refractivity contribution in [1.29, 1.82) is 0 Å². The molecular weight excluding hydrogens is 330 g/mol. The number of methoxy groups -OCH3 is 1. The summed E-state index contributed by atoms with van der Waals surface area (Å²) in [6, 6.07) is 19.4. The van der Waals surface area contributed by atoms with Crippen molar-refractivity contribution in [3.63, 3.8) is 0 Å². The standard InChI is InChI=1S/C20H19N3O3/c1-25-13-9-11-14(12-10-13)26-20(24)23-19-16(6-4-8-18(19)22)15-5-2-3-7-17(15)21/h2-12H,21-22H2,1H3,(H,23,24). The van der Waals surface area contributed by atoms with Crippen LogP contribution in [-0.2, 0) is 0 Å². The van der Waals surface area contributed by atoms with Crippen LogP contribution in [0.15, 0.2) is 66.7 Å². The first-order valence-electron chi connectivity index (χ1n) is 7.94. The van der Waals surface area contributed by atoms with Crippen LogP contribution in [-0.4, -0.2) is 13.2 Å². The topological polar surface area (TPSA) is 99.6 Å². The summed E-state index contributed by atoms with van der Waals surface area (Å²) in [5, 5.41) is 2.71. The zero-order valence-corrected chi connectivity index (χ0v) is 14.2. The molecule has 0 fully saturated rings. The van der Waals surface area contributed by atoms with Crippen LogP contribution in [0.4, 0.5) is 21.9 Å². The largest absolute Gasteiger partial charge is 0.497 e. The highest BCUT2D eigenvalue weighted by Crippen LogP contribution is 2.35. The molecule has 5 N–H and O–H groups in total. The van der Waals surface area contributed by atoms with Gasteiger partial charge in [-0.15, -0.1) is 0 Å². The van der Waals surface area contributed by atoms with Crippen LogP contribution in [0.5, 0.6) is 11.5 Å². The van der Waals surface area contributed by atoms with Crippen LogP contribution in [0.3, 0.4) is 0 Å². The van der Waals surface area contributed by atoms with Crippen molar-refractivity contribution < 1.29 is 14.3 Å². The van der Waals surface area contributed by atoms with Crippen LogP contribution < -0.4 is 26.3 Å². The summed E-state index contributed by atoms with van der Waals surface area (Å²) in [5.74, 6) is 1.06. The van der Waals surface area contributed by atoms with E-state index in [0.717, 1.165) is 11.1 Å². The van der Waals surface area contributed by atoms with Crippen molar-refractivity contribution in [3.8, 4) is 22.6 Å². The first kappa shape index (κ1) is 17.2. The van der Waals surface area contributed by atoms with E-state index in [9.17, 15) is 4.79 Å². The summed E-state index contributed by atoms with van der Waals surface area (Å²) >= 11 is 0. The number of carbonyl (C=O) groups is 1. The molecule has 3 aromatic carbocycles. The predicted octanol–water partition coefficient (Wildman–Crippen LogP) is 4.14. The zero-order valence-electron chi connectivity index (χ0n) is 14.2. The second-order valence-corrected chi connectivity index (χ2v) is 5.55. The van der Waals surface area contributed by atoms with Crippen molar-refractivity contribution in [2.24, 2.45) is 0 Å². The summed E-state index contributed by atoms with van der Waals surface area (Å²) in [6.07, 6.45) is -0.649. The van der Waals surface area contributed by atoms with Gasteiger partial charge in [-0.05, 0) is 36.4 Å². The number of nitrogens with two attached hydrogens (primary N) is 2. The molecule has 0 heterocycles. The number of hydrogen-bond donors (Lipinski definition) is 3. The lowest BCUT2D eigenvalue weighted by Crippen LogP contribution is -2.18. The van der Waals surface area contributed by atoms with E-state index in [1.807, 2.05) is 24.3 Å². The van der Waals surface area contributed by atoms with Crippen LogP contribution in [0.1, 0.15) is 0 Å². The van der Waals surface area contributed by atoms with Crippen LogP contribution in [0.2, 0.25) is 0 Å². The first-order valence-corrected chi connectivity index (χ1v) is 7.94. The smallest absolute Gasteiger partial charge is 0.417 e. The Balaban J connectivity index is 1.85. The average Bonchev–Trinajstić information content (AvgIpc) is 2.64. The van der Waals surface area contributed by atoms with Gasteiger partial charge in [0.25, 0.3) is 0 Å². The minimum Gasteiger partial charge on any atom is -0.497 e. The van der Waals surface area contributed by atoms with Crippen molar-refractivity contribution in [1.82, 2.24) is 0 Å². The fourth-order valence-electron chi connectivity index (χ4n) is 2.55. The second-order valence-electron chi connectivity index (χ2n) is 5.55. The number of hydrogen-bond acceptors (Lipinski definition) is 5. The Labute approximate surface area is 151 Å². The number of benzene rings is 3. The van der Waals surface area contributed by atoms with Gasteiger partial charge in [0.15, 0.2) is 0 Å². The van der Waals surface area contributed by atoms with Crippen LogP contribution in [0.25, 0.3) is 11.1 Å². The molecule has 0 saturated carbocycles. The van der Waals surface area contributed by atoms with Gasteiger partial charge in [0.2, 0.25) is 0 Å². The highest BCUT2D eigenvalue weighted by Gasteiger charge is 2.14. The van der Waals surface area contributed by atoms with E-state index in [0.29, 0.717) is 28.6 Å². The zero-order chi connectivity index (χ0) is 18.5. The predicted molar refractivity (Wildman–Crippen MR) is 103 cm³/mol. The highest BCUT2D eigenvalue weighted by atomic mass is 16.6. The van der Waals surface area contributed by atoms with Gasteiger partial charge >= 0.3 is 6.09 Å². The molecule has 0 aliphatic carbocycles. The molecule has 6 nitrogen and oxygen atoms in total. The Morgan fingerprint density at radius 1 is 0.808 bits per heavy atom. The van der Waals surface area contributed by atoms with Crippen molar-refractivity contribution in [3.05, 3.63) is 66.7 Å². The summed E-state index contributed by atoms with van der Waals surface area (Å²) < 4.78 is 10.4. The van der Waals surface area contributed by atoms with Gasteiger partial charge in [0, 0.05) is 16.8 Å². The third-order valence-electron chi connectivity index (χ3n) is 3.84. The van der Waals surface area contributed by atoms with Crippen molar-refractivity contribution in [2.45, 2.75) is 0 Å². The van der Waals surface area contributed by atoms with Gasteiger partial charge in [0.05, 0.1) is 18.5 Å². The molecule has 3 rings (SSSR count). The minimum absolute atomic E-state index is 0.388. The van der Waals surface area contributed by atoms with Crippen molar-refractivity contribution >= 4 is 23.2 Å². The average molecular weight is 349 g/mol. The molecule has 1 amide bonds. The fraction of sp³-hybridized carbons (Fsp3) is 0.0500. The maximum absolute atomic E-state index is 12.3. The Hall–Kier alpha value is -3.67. The van der Waals surface area contributed by atoms with Gasteiger partial charge < -0.3 is 20.9 Å². The number of anilines is 3. The maximum Gasteiger partial charge on any atom is 0.417 e. The number of rotatable bonds is 4. The van der Waals surface area contributed by atoms with E-state index < -0.39 is 6.09 Å². The van der Waals surface area contributed by atoms with Gasteiger partial charge in [-0.25, -0.2) is 4.79 Å². The second kappa shape index (κ2) is 7.48. The molecule has 26 heavy (non-hydrogen) atoms. The number of nitrogens with one attached hydrogen (secondary N) is 1. The molecule has 0 bridgehead atoms. The minimum atomic E-state index is -0.649.